The second-order valence-corrected chi connectivity index (χ2v) is 1.96. The smallest absolute Gasteiger partial charge is 0.238 e. The number of hydrogen-bond donors (Lipinski definition) is 1. The monoisotopic (exact) mass is 128 g/mol. The molecule has 1 saturated heterocycles. The van der Waals surface area contributed by atoms with E-state index in [2.05, 4.69) is 10.3 Å². The fourth-order valence-corrected chi connectivity index (χ4v) is 0.691. The molecule has 0 atom stereocenters. The van der Waals surface area contributed by atoms with Crippen LogP contribution in [0.4, 0.5) is 0 Å². The number of methoxy groups -OCH3 is 1. The van der Waals surface area contributed by atoms with E-state index in [0.717, 1.165) is 0 Å². The molecule has 4 heteroatoms. The molecular weight excluding hydrogens is 120 g/mol. The number of nitrogens with one attached hydrogen (secondary N) is 1. The van der Waals surface area contributed by atoms with Gasteiger partial charge in [-0.1, -0.05) is 0 Å². The lowest BCUT2D eigenvalue weighted by molar-refractivity contribution is -0.0430. The molecule has 0 radical (unpaired) electrons. The van der Waals surface area contributed by atoms with Gasteiger partial charge in [-0.05, 0) is 0 Å². The number of carbonyl (C=O) groups excluding carboxylic acids is 1. The van der Waals surface area contributed by atoms with E-state index in [0.29, 0.717) is 13.1 Å². The van der Waals surface area contributed by atoms with Gasteiger partial charge in [0.2, 0.25) is 6.08 Å². The largest absolute Gasteiger partial charge is 0.354 e. The lowest BCUT2D eigenvalue weighted by atomic mass is 10.1. The molecular formula is C5H8N2O2. The van der Waals surface area contributed by atoms with Crippen LogP contribution in [0.15, 0.2) is 4.99 Å². The summed E-state index contributed by atoms with van der Waals surface area (Å²) in [7, 11) is 1.53. The Bertz CT molecular complexity index is 142. The lowest BCUT2D eigenvalue weighted by Crippen LogP contribution is -2.59. The Morgan fingerprint density at radius 3 is 2.56 bits per heavy atom. The van der Waals surface area contributed by atoms with Crippen LogP contribution in [0, 0.1) is 0 Å². The van der Waals surface area contributed by atoms with Gasteiger partial charge in [-0.3, -0.25) is 0 Å². The molecule has 1 fully saturated rings. The molecule has 0 aromatic rings. The van der Waals surface area contributed by atoms with Gasteiger partial charge in [0.05, 0.1) is 0 Å². The Labute approximate surface area is 52.9 Å². The fraction of sp³-hybridized carbons (Fsp3) is 0.800. The highest BCUT2D eigenvalue weighted by molar-refractivity contribution is 5.35. The third-order valence-corrected chi connectivity index (χ3v) is 1.43. The third kappa shape index (κ3) is 1.00. The van der Waals surface area contributed by atoms with Crippen molar-refractivity contribution in [1.29, 1.82) is 0 Å². The van der Waals surface area contributed by atoms with E-state index in [1.165, 1.54) is 13.2 Å². The van der Waals surface area contributed by atoms with Crippen molar-refractivity contribution in [2.75, 3.05) is 20.2 Å². The Morgan fingerprint density at radius 2 is 2.44 bits per heavy atom. The van der Waals surface area contributed by atoms with Gasteiger partial charge >= 0.3 is 0 Å². The average molecular weight is 128 g/mol. The van der Waals surface area contributed by atoms with Crippen molar-refractivity contribution in [3.05, 3.63) is 0 Å². The molecule has 1 N–H and O–H groups in total. The standard InChI is InChI=1S/C5H8N2O2/c1-9-5(7-4-8)2-6-3-5/h6H,2-3H2,1H3. The molecule has 0 aromatic heterocycles. The van der Waals surface area contributed by atoms with Crippen molar-refractivity contribution < 1.29 is 9.53 Å². The van der Waals surface area contributed by atoms with Gasteiger partial charge in [0.15, 0.2) is 5.72 Å². The number of rotatable bonds is 2. The number of hydrogen-bond acceptors (Lipinski definition) is 4. The summed E-state index contributed by atoms with van der Waals surface area (Å²) in [5.74, 6) is 0. The van der Waals surface area contributed by atoms with Crippen LogP contribution in [0.5, 0.6) is 0 Å². The normalized spacial score (nSPS) is 21.9. The van der Waals surface area contributed by atoms with Crippen LogP contribution in [0.2, 0.25) is 0 Å². The van der Waals surface area contributed by atoms with Crippen molar-refractivity contribution in [3.8, 4) is 0 Å². The van der Waals surface area contributed by atoms with Gasteiger partial charge in [0.25, 0.3) is 0 Å². The van der Waals surface area contributed by atoms with Gasteiger partial charge in [-0.2, -0.15) is 4.99 Å². The van der Waals surface area contributed by atoms with E-state index in [-0.39, 0.29) is 0 Å². The molecule has 1 rings (SSSR count). The first-order valence-electron chi connectivity index (χ1n) is 2.68. The highest BCUT2D eigenvalue weighted by Gasteiger charge is 2.36. The molecule has 0 aromatic carbocycles. The second-order valence-electron chi connectivity index (χ2n) is 1.96. The molecule has 9 heavy (non-hydrogen) atoms. The van der Waals surface area contributed by atoms with Crippen molar-refractivity contribution in [2.45, 2.75) is 5.72 Å². The van der Waals surface area contributed by atoms with Crippen LogP contribution < -0.4 is 5.32 Å². The summed E-state index contributed by atoms with van der Waals surface area (Å²) < 4.78 is 4.92. The first-order valence-corrected chi connectivity index (χ1v) is 2.68. The number of aliphatic imine (C=N–C) groups is 1. The molecule has 50 valence electrons. The molecule has 0 amide bonds. The molecule has 0 unspecified atom stereocenters. The van der Waals surface area contributed by atoms with Crippen molar-refractivity contribution in [2.24, 2.45) is 4.99 Å². The van der Waals surface area contributed by atoms with Crippen LogP contribution in [-0.2, 0) is 9.53 Å². The van der Waals surface area contributed by atoms with Crippen molar-refractivity contribution in [3.63, 3.8) is 0 Å². The van der Waals surface area contributed by atoms with Gasteiger partial charge < -0.3 is 10.1 Å². The van der Waals surface area contributed by atoms with Gasteiger partial charge in [0.1, 0.15) is 0 Å². The molecule has 0 aliphatic carbocycles. The summed E-state index contributed by atoms with van der Waals surface area (Å²) >= 11 is 0. The average Bonchev–Trinajstić information content (AvgIpc) is 1.79. The minimum atomic E-state index is -0.595. The van der Waals surface area contributed by atoms with Crippen LogP contribution in [-0.4, -0.2) is 32.0 Å². The van der Waals surface area contributed by atoms with E-state index >= 15 is 0 Å². The molecule has 1 aliphatic heterocycles. The van der Waals surface area contributed by atoms with E-state index in [1.54, 1.807) is 0 Å². The summed E-state index contributed by atoms with van der Waals surface area (Å²) in [4.78, 5) is 13.3. The van der Waals surface area contributed by atoms with Crippen LogP contribution in [0.25, 0.3) is 0 Å². The zero-order chi connectivity index (χ0) is 6.74. The predicted molar refractivity (Wildman–Crippen MR) is 30.7 cm³/mol. The SMILES string of the molecule is COC1(N=C=O)CNC1. The Balaban J connectivity index is 2.56. The molecule has 0 saturated carbocycles. The second kappa shape index (κ2) is 2.27. The molecule has 4 nitrogen and oxygen atoms in total. The van der Waals surface area contributed by atoms with Crippen LogP contribution in [0.3, 0.4) is 0 Å². The molecule has 0 bridgehead atoms. The van der Waals surface area contributed by atoms with Crippen LogP contribution >= 0.6 is 0 Å². The topological polar surface area (TPSA) is 50.7 Å². The zero-order valence-corrected chi connectivity index (χ0v) is 5.18. The summed E-state index contributed by atoms with van der Waals surface area (Å²) in [5.41, 5.74) is -0.595. The van der Waals surface area contributed by atoms with Gasteiger partial charge in [0, 0.05) is 20.2 Å². The predicted octanol–water partition coefficient (Wildman–Crippen LogP) is -0.732. The van der Waals surface area contributed by atoms with E-state index in [9.17, 15) is 4.79 Å². The number of ether oxygens (including phenoxy) is 1. The fourth-order valence-electron chi connectivity index (χ4n) is 0.691. The van der Waals surface area contributed by atoms with E-state index in [4.69, 9.17) is 4.74 Å². The summed E-state index contributed by atoms with van der Waals surface area (Å²) in [6, 6.07) is 0. The maximum atomic E-state index is 9.77. The number of nitrogens with zero attached hydrogens (tertiary/aromatic N) is 1. The van der Waals surface area contributed by atoms with Crippen molar-refractivity contribution in [1.82, 2.24) is 5.32 Å². The first kappa shape index (κ1) is 6.42. The Hall–Kier alpha value is -0.700. The maximum absolute atomic E-state index is 9.77. The lowest BCUT2D eigenvalue weighted by Gasteiger charge is -2.35. The first-order chi connectivity index (χ1) is 4.33. The van der Waals surface area contributed by atoms with E-state index in [1.807, 2.05) is 0 Å². The van der Waals surface area contributed by atoms with Gasteiger partial charge in [-0.15, -0.1) is 0 Å². The molecule has 0 spiro atoms. The Morgan fingerprint density at radius 1 is 1.78 bits per heavy atom. The van der Waals surface area contributed by atoms with Crippen molar-refractivity contribution >= 4 is 6.08 Å². The summed E-state index contributed by atoms with van der Waals surface area (Å²) in [6.45, 7) is 1.22. The minimum Gasteiger partial charge on any atom is -0.354 e. The highest BCUT2D eigenvalue weighted by Crippen LogP contribution is 2.15. The zero-order valence-electron chi connectivity index (χ0n) is 5.18. The van der Waals surface area contributed by atoms with Crippen LogP contribution in [0.1, 0.15) is 0 Å². The Kier molecular flexibility index (Phi) is 1.62. The quantitative estimate of drug-likeness (QED) is 0.394. The number of isocyanates is 1. The third-order valence-electron chi connectivity index (χ3n) is 1.43. The highest BCUT2D eigenvalue weighted by atomic mass is 16.5. The van der Waals surface area contributed by atoms with E-state index < -0.39 is 5.72 Å². The van der Waals surface area contributed by atoms with Gasteiger partial charge in [-0.25, -0.2) is 4.79 Å². The molecule has 1 heterocycles. The summed E-state index contributed by atoms with van der Waals surface area (Å²) in [6.07, 6.45) is 1.47. The molecule has 1 aliphatic rings. The minimum absolute atomic E-state index is 0.595. The maximum Gasteiger partial charge on any atom is 0.238 e. The summed E-state index contributed by atoms with van der Waals surface area (Å²) in [5, 5.41) is 2.94.